The van der Waals surface area contributed by atoms with Gasteiger partial charge in [-0.25, -0.2) is 0 Å². The van der Waals surface area contributed by atoms with Crippen LogP contribution in [0.5, 0.6) is 11.5 Å². The van der Waals surface area contributed by atoms with E-state index in [4.69, 9.17) is 4.74 Å². The van der Waals surface area contributed by atoms with Gasteiger partial charge in [0.05, 0.1) is 6.61 Å². The van der Waals surface area contributed by atoms with Crippen molar-refractivity contribution in [3.05, 3.63) is 47.5 Å². The van der Waals surface area contributed by atoms with Crippen LogP contribution in [-0.2, 0) is 0 Å². The van der Waals surface area contributed by atoms with Crippen LogP contribution in [-0.4, -0.2) is 11.7 Å². The molecule has 0 saturated carbocycles. The van der Waals surface area contributed by atoms with E-state index in [0.717, 1.165) is 28.0 Å². The summed E-state index contributed by atoms with van der Waals surface area (Å²) in [6.45, 7) is 6.48. The molecule has 1 N–H and O–H groups in total. The van der Waals surface area contributed by atoms with Crippen LogP contribution in [0.1, 0.15) is 18.1 Å². The first-order valence-electron chi connectivity index (χ1n) is 6.16. The molecular formula is C16H18O2. The summed E-state index contributed by atoms with van der Waals surface area (Å²) in [5, 5.41) is 9.96. The van der Waals surface area contributed by atoms with Gasteiger partial charge in [-0.05, 0) is 55.2 Å². The van der Waals surface area contributed by atoms with Gasteiger partial charge in [-0.3, -0.25) is 0 Å². The lowest BCUT2D eigenvalue weighted by Gasteiger charge is -2.11. The van der Waals surface area contributed by atoms with Gasteiger partial charge in [0.1, 0.15) is 11.5 Å². The third-order valence-corrected chi connectivity index (χ3v) is 3.11. The minimum atomic E-state index is 0.376. The van der Waals surface area contributed by atoms with E-state index >= 15 is 0 Å². The number of benzene rings is 2. The largest absolute Gasteiger partial charge is 0.507 e. The molecule has 0 heterocycles. The van der Waals surface area contributed by atoms with Crippen molar-refractivity contribution in [3.8, 4) is 22.6 Å². The molecule has 2 aromatic carbocycles. The number of phenols is 1. The highest BCUT2D eigenvalue weighted by molar-refractivity contribution is 5.71. The average molecular weight is 242 g/mol. The maximum Gasteiger partial charge on any atom is 0.122 e. The molecular weight excluding hydrogens is 224 g/mol. The highest BCUT2D eigenvalue weighted by Crippen LogP contribution is 2.32. The van der Waals surface area contributed by atoms with Crippen molar-refractivity contribution in [1.29, 1.82) is 0 Å². The molecule has 2 heteroatoms. The molecule has 2 rings (SSSR count). The molecule has 18 heavy (non-hydrogen) atoms. The second-order valence-corrected chi connectivity index (χ2v) is 4.36. The van der Waals surface area contributed by atoms with E-state index in [1.165, 1.54) is 0 Å². The number of phenolic OH excluding ortho intramolecular Hbond substituents is 1. The van der Waals surface area contributed by atoms with Crippen LogP contribution in [0.2, 0.25) is 0 Å². The van der Waals surface area contributed by atoms with Crippen LogP contribution < -0.4 is 4.74 Å². The van der Waals surface area contributed by atoms with Gasteiger partial charge in [0.15, 0.2) is 0 Å². The quantitative estimate of drug-likeness (QED) is 0.879. The highest BCUT2D eigenvalue weighted by atomic mass is 16.5. The maximum absolute atomic E-state index is 9.96. The van der Waals surface area contributed by atoms with E-state index in [-0.39, 0.29) is 0 Å². The third-order valence-electron chi connectivity index (χ3n) is 3.11. The Hall–Kier alpha value is -1.96. The lowest BCUT2D eigenvalue weighted by Crippen LogP contribution is -1.91. The zero-order valence-corrected chi connectivity index (χ0v) is 11.0. The summed E-state index contributed by atoms with van der Waals surface area (Å²) in [6, 6.07) is 11.9. The van der Waals surface area contributed by atoms with Gasteiger partial charge in [0, 0.05) is 0 Å². The number of hydrogen-bond donors (Lipinski definition) is 1. The Morgan fingerprint density at radius 3 is 2.28 bits per heavy atom. The molecule has 2 aromatic rings. The second-order valence-electron chi connectivity index (χ2n) is 4.36. The summed E-state index contributed by atoms with van der Waals surface area (Å²) in [6.07, 6.45) is 0. The number of aromatic hydroxyl groups is 1. The van der Waals surface area contributed by atoms with Crippen molar-refractivity contribution in [2.45, 2.75) is 20.8 Å². The minimum absolute atomic E-state index is 0.376. The zero-order chi connectivity index (χ0) is 13.1. The van der Waals surface area contributed by atoms with E-state index in [0.29, 0.717) is 12.4 Å². The molecule has 0 bridgehead atoms. The topological polar surface area (TPSA) is 29.5 Å². The van der Waals surface area contributed by atoms with Crippen LogP contribution in [0.3, 0.4) is 0 Å². The summed E-state index contributed by atoms with van der Waals surface area (Å²) >= 11 is 0. The third kappa shape index (κ3) is 2.33. The van der Waals surface area contributed by atoms with Crippen molar-refractivity contribution in [3.63, 3.8) is 0 Å². The molecule has 0 aliphatic carbocycles. The summed E-state index contributed by atoms with van der Waals surface area (Å²) < 4.78 is 5.42. The Balaban J connectivity index is 2.40. The Labute approximate surface area is 108 Å². The lowest BCUT2D eigenvalue weighted by atomic mass is 9.97. The number of rotatable bonds is 3. The van der Waals surface area contributed by atoms with Crippen LogP contribution in [0, 0.1) is 13.8 Å². The van der Waals surface area contributed by atoms with Gasteiger partial charge in [-0.1, -0.05) is 24.3 Å². The molecule has 0 aliphatic rings. The first kappa shape index (κ1) is 12.5. The normalized spacial score (nSPS) is 10.4. The molecule has 0 aromatic heterocycles. The van der Waals surface area contributed by atoms with E-state index < -0.39 is 0 Å². The fourth-order valence-electron chi connectivity index (χ4n) is 2.05. The molecule has 0 spiro atoms. The van der Waals surface area contributed by atoms with E-state index in [1.54, 1.807) is 0 Å². The Morgan fingerprint density at radius 1 is 1.00 bits per heavy atom. The van der Waals surface area contributed by atoms with Crippen molar-refractivity contribution >= 4 is 0 Å². The fraction of sp³-hybridized carbons (Fsp3) is 0.250. The Morgan fingerprint density at radius 2 is 1.67 bits per heavy atom. The van der Waals surface area contributed by atoms with Crippen LogP contribution >= 0.6 is 0 Å². The number of ether oxygens (including phenoxy) is 1. The minimum Gasteiger partial charge on any atom is -0.507 e. The zero-order valence-electron chi connectivity index (χ0n) is 11.0. The SMILES string of the molecule is CCOc1ccc(-c2ccc(C)c(O)c2C)cc1. The van der Waals surface area contributed by atoms with Gasteiger partial charge in [0.25, 0.3) is 0 Å². The van der Waals surface area contributed by atoms with Crippen LogP contribution in [0.25, 0.3) is 11.1 Å². The van der Waals surface area contributed by atoms with Gasteiger partial charge in [0.2, 0.25) is 0 Å². The monoisotopic (exact) mass is 242 g/mol. The average Bonchev–Trinajstić information content (AvgIpc) is 2.38. The smallest absolute Gasteiger partial charge is 0.122 e. The first-order chi connectivity index (χ1) is 8.63. The van der Waals surface area contributed by atoms with Gasteiger partial charge in [-0.15, -0.1) is 0 Å². The molecule has 0 saturated heterocycles. The lowest BCUT2D eigenvalue weighted by molar-refractivity contribution is 0.340. The maximum atomic E-state index is 9.96. The van der Waals surface area contributed by atoms with Crippen molar-refractivity contribution < 1.29 is 9.84 Å². The first-order valence-corrected chi connectivity index (χ1v) is 6.16. The standard InChI is InChI=1S/C16H18O2/c1-4-18-14-8-6-13(7-9-14)15-10-5-11(2)16(17)12(15)3/h5-10,17H,4H2,1-3H3. The van der Waals surface area contributed by atoms with Crippen molar-refractivity contribution in [1.82, 2.24) is 0 Å². The summed E-state index contributed by atoms with van der Waals surface area (Å²) in [4.78, 5) is 0. The Bertz CT molecular complexity index is 542. The highest BCUT2D eigenvalue weighted by Gasteiger charge is 2.08. The second kappa shape index (κ2) is 5.13. The van der Waals surface area contributed by atoms with Gasteiger partial charge < -0.3 is 9.84 Å². The van der Waals surface area contributed by atoms with Crippen LogP contribution in [0.4, 0.5) is 0 Å². The fourth-order valence-corrected chi connectivity index (χ4v) is 2.05. The molecule has 0 radical (unpaired) electrons. The van der Waals surface area contributed by atoms with E-state index in [9.17, 15) is 5.11 Å². The molecule has 0 unspecified atom stereocenters. The van der Waals surface area contributed by atoms with Crippen LogP contribution in [0.15, 0.2) is 36.4 Å². The summed E-state index contributed by atoms with van der Waals surface area (Å²) in [5.41, 5.74) is 3.97. The van der Waals surface area contributed by atoms with Crippen molar-refractivity contribution in [2.24, 2.45) is 0 Å². The van der Waals surface area contributed by atoms with Gasteiger partial charge >= 0.3 is 0 Å². The summed E-state index contributed by atoms with van der Waals surface area (Å²) in [5.74, 6) is 1.25. The Kier molecular flexibility index (Phi) is 3.56. The molecule has 0 amide bonds. The molecule has 0 atom stereocenters. The summed E-state index contributed by atoms with van der Waals surface area (Å²) in [7, 11) is 0. The van der Waals surface area contributed by atoms with Crippen molar-refractivity contribution in [2.75, 3.05) is 6.61 Å². The predicted octanol–water partition coefficient (Wildman–Crippen LogP) is 4.07. The van der Waals surface area contributed by atoms with E-state index in [1.807, 2.05) is 57.2 Å². The molecule has 2 nitrogen and oxygen atoms in total. The molecule has 0 fully saturated rings. The predicted molar refractivity (Wildman–Crippen MR) is 74.2 cm³/mol. The number of hydrogen-bond acceptors (Lipinski definition) is 2. The van der Waals surface area contributed by atoms with Gasteiger partial charge in [-0.2, -0.15) is 0 Å². The molecule has 0 aliphatic heterocycles. The molecule has 94 valence electrons. The number of aryl methyl sites for hydroxylation is 1. The van der Waals surface area contributed by atoms with E-state index in [2.05, 4.69) is 0 Å².